The molecule has 0 aliphatic carbocycles. The van der Waals surface area contributed by atoms with Crippen molar-refractivity contribution in [2.24, 2.45) is 0 Å². The maximum absolute atomic E-state index is 13.6. The predicted octanol–water partition coefficient (Wildman–Crippen LogP) is 4.18. The fourth-order valence-corrected chi connectivity index (χ4v) is 3.12. The van der Waals surface area contributed by atoms with Crippen LogP contribution < -0.4 is 4.74 Å². The van der Waals surface area contributed by atoms with Crippen molar-refractivity contribution in [3.8, 4) is 5.75 Å². The van der Waals surface area contributed by atoms with Crippen LogP contribution in [0.5, 0.6) is 5.75 Å². The van der Waals surface area contributed by atoms with Crippen LogP contribution in [0.2, 0.25) is 5.15 Å². The van der Waals surface area contributed by atoms with Crippen LogP contribution in [-0.2, 0) is 6.54 Å². The second kappa shape index (κ2) is 8.89. The van der Waals surface area contributed by atoms with E-state index in [9.17, 15) is 9.18 Å². The molecule has 0 atom stereocenters. The zero-order chi connectivity index (χ0) is 20.1. The molecule has 1 heterocycles. The third-order valence-corrected chi connectivity index (χ3v) is 4.71. The van der Waals surface area contributed by atoms with E-state index in [0.29, 0.717) is 23.0 Å². The van der Waals surface area contributed by atoms with Gasteiger partial charge in [0.2, 0.25) is 0 Å². The Morgan fingerprint density at radius 2 is 1.86 bits per heavy atom. The lowest BCUT2D eigenvalue weighted by Gasteiger charge is -2.17. The molecule has 0 bridgehead atoms. The first-order valence-corrected chi connectivity index (χ1v) is 9.24. The Bertz CT molecular complexity index is 960. The maximum atomic E-state index is 13.6. The molecule has 0 fully saturated rings. The van der Waals surface area contributed by atoms with Gasteiger partial charge in [-0.15, -0.1) is 0 Å². The number of carbonyl (C=O) groups is 1. The number of aryl methyl sites for hydroxylation is 1. The van der Waals surface area contributed by atoms with Crippen molar-refractivity contribution in [3.05, 3.63) is 82.4 Å². The summed E-state index contributed by atoms with van der Waals surface area (Å²) >= 11 is 6.44. The van der Waals surface area contributed by atoms with Gasteiger partial charge in [-0.05, 0) is 24.6 Å². The van der Waals surface area contributed by atoms with Crippen LogP contribution in [0.4, 0.5) is 4.39 Å². The minimum atomic E-state index is -0.433. The van der Waals surface area contributed by atoms with Crippen LogP contribution in [0.15, 0.2) is 54.6 Å². The Hall–Kier alpha value is -2.86. The Morgan fingerprint density at radius 1 is 1.18 bits per heavy atom. The largest absolute Gasteiger partial charge is 0.489 e. The van der Waals surface area contributed by atoms with Crippen molar-refractivity contribution in [2.45, 2.75) is 13.5 Å². The van der Waals surface area contributed by atoms with Crippen LogP contribution in [0.25, 0.3) is 0 Å². The first-order chi connectivity index (χ1) is 13.5. The predicted molar refractivity (Wildman–Crippen MR) is 106 cm³/mol. The van der Waals surface area contributed by atoms with Crippen molar-refractivity contribution >= 4 is 17.5 Å². The van der Waals surface area contributed by atoms with Crippen LogP contribution in [0, 0.1) is 12.7 Å². The van der Waals surface area contributed by atoms with E-state index >= 15 is 0 Å². The third-order valence-electron chi connectivity index (χ3n) is 4.32. The van der Waals surface area contributed by atoms with Gasteiger partial charge in [-0.25, -0.2) is 9.07 Å². The van der Waals surface area contributed by atoms with E-state index in [0.717, 1.165) is 5.56 Å². The number of likely N-dealkylation sites (N-methyl/N-ethyl adjacent to an activating group) is 1. The van der Waals surface area contributed by atoms with E-state index in [4.69, 9.17) is 16.3 Å². The number of aromatic nitrogens is 2. The van der Waals surface area contributed by atoms with Gasteiger partial charge in [0.05, 0.1) is 24.3 Å². The molecule has 146 valence electrons. The molecule has 0 N–H and O–H groups in total. The number of nitrogens with zero attached hydrogens (tertiary/aromatic N) is 3. The molecular formula is C21H21ClFN3O2. The summed E-state index contributed by atoms with van der Waals surface area (Å²) in [4.78, 5) is 14.3. The Kier molecular flexibility index (Phi) is 6.31. The average Bonchev–Trinajstić information content (AvgIpc) is 2.96. The average molecular weight is 402 g/mol. The van der Waals surface area contributed by atoms with E-state index < -0.39 is 5.82 Å². The molecule has 0 unspecified atom stereocenters. The highest BCUT2D eigenvalue weighted by molar-refractivity contribution is 6.33. The molecule has 0 aliphatic rings. The fraction of sp³-hybridized carbons (Fsp3) is 0.238. The molecule has 0 radical (unpaired) electrons. The second-order valence-corrected chi connectivity index (χ2v) is 6.76. The van der Waals surface area contributed by atoms with Crippen LogP contribution in [0.3, 0.4) is 0 Å². The molecule has 1 amide bonds. The Labute approximate surface area is 168 Å². The smallest absolute Gasteiger partial charge is 0.258 e. The molecule has 3 rings (SSSR count). The van der Waals surface area contributed by atoms with Gasteiger partial charge in [-0.1, -0.05) is 54.1 Å². The number of carbonyl (C=O) groups excluding carboxylic acids is 1. The Morgan fingerprint density at radius 3 is 2.57 bits per heavy atom. The van der Waals surface area contributed by atoms with Gasteiger partial charge < -0.3 is 9.64 Å². The summed E-state index contributed by atoms with van der Waals surface area (Å²) in [6.07, 6.45) is 0. The van der Waals surface area contributed by atoms with Gasteiger partial charge in [0.25, 0.3) is 5.91 Å². The number of rotatable bonds is 7. The highest BCUT2D eigenvalue weighted by Crippen LogP contribution is 2.22. The lowest BCUT2D eigenvalue weighted by molar-refractivity contribution is 0.0772. The quantitative estimate of drug-likeness (QED) is 0.596. The third kappa shape index (κ3) is 4.51. The zero-order valence-corrected chi connectivity index (χ0v) is 16.5. The number of halogens is 2. The summed E-state index contributed by atoms with van der Waals surface area (Å²) in [7, 11) is 1.65. The van der Waals surface area contributed by atoms with Crippen molar-refractivity contribution in [1.82, 2.24) is 14.7 Å². The maximum Gasteiger partial charge on any atom is 0.258 e. The summed E-state index contributed by atoms with van der Waals surface area (Å²) in [6.45, 7) is 2.68. The molecule has 28 heavy (non-hydrogen) atoms. The van der Waals surface area contributed by atoms with Gasteiger partial charge in [-0.3, -0.25) is 4.79 Å². The summed E-state index contributed by atoms with van der Waals surface area (Å²) < 4.78 is 20.6. The molecule has 0 spiro atoms. The summed E-state index contributed by atoms with van der Waals surface area (Å²) in [5, 5.41) is 4.70. The van der Waals surface area contributed by atoms with Crippen molar-refractivity contribution < 1.29 is 13.9 Å². The van der Waals surface area contributed by atoms with Gasteiger partial charge in [0, 0.05) is 7.05 Å². The normalized spacial score (nSPS) is 10.7. The summed E-state index contributed by atoms with van der Waals surface area (Å²) in [5.41, 5.74) is 1.97. The van der Waals surface area contributed by atoms with Crippen molar-refractivity contribution in [3.63, 3.8) is 0 Å². The van der Waals surface area contributed by atoms with Crippen LogP contribution in [0.1, 0.15) is 21.6 Å². The SMILES string of the molecule is Cc1nn(Cc2ccccc2)c(Cl)c1C(=O)N(C)CCOc1ccccc1F. The number of ether oxygens (including phenoxy) is 1. The highest BCUT2D eigenvalue weighted by Gasteiger charge is 2.23. The Balaban J connectivity index is 1.65. The molecule has 0 saturated heterocycles. The number of hydrogen-bond donors (Lipinski definition) is 0. The zero-order valence-electron chi connectivity index (χ0n) is 15.7. The molecule has 7 heteroatoms. The summed E-state index contributed by atoms with van der Waals surface area (Å²) in [6, 6.07) is 15.9. The van der Waals surface area contributed by atoms with E-state index in [1.165, 1.54) is 11.0 Å². The van der Waals surface area contributed by atoms with E-state index in [2.05, 4.69) is 5.10 Å². The molecule has 0 saturated carbocycles. The van der Waals surface area contributed by atoms with Gasteiger partial charge in [-0.2, -0.15) is 5.10 Å². The number of benzene rings is 2. The monoisotopic (exact) mass is 401 g/mol. The van der Waals surface area contributed by atoms with Crippen LogP contribution in [-0.4, -0.2) is 40.8 Å². The molecule has 0 aliphatic heterocycles. The molecule has 2 aromatic carbocycles. The fourth-order valence-electron chi connectivity index (χ4n) is 2.80. The lowest BCUT2D eigenvalue weighted by atomic mass is 10.2. The van der Waals surface area contributed by atoms with Crippen LogP contribution >= 0.6 is 11.6 Å². The van der Waals surface area contributed by atoms with E-state index in [1.54, 1.807) is 36.9 Å². The summed E-state index contributed by atoms with van der Waals surface area (Å²) in [5.74, 6) is -0.523. The number of hydrogen-bond acceptors (Lipinski definition) is 3. The van der Waals surface area contributed by atoms with Gasteiger partial charge in [0.1, 0.15) is 11.8 Å². The first-order valence-electron chi connectivity index (χ1n) is 8.87. The highest BCUT2D eigenvalue weighted by atomic mass is 35.5. The molecule has 1 aromatic heterocycles. The van der Waals surface area contributed by atoms with Gasteiger partial charge in [0.15, 0.2) is 11.6 Å². The lowest BCUT2D eigenvalue weighted by Crippen LogP contribution is -2.31. The van der Waals surface area contributed by atoms with E-state index in [-0.39, 0.29) is 24.8 Å². The second-order valence-electron chi connectivity index (χ2n) is 6.40. The molecule has 5 nitrogen and oxygen atoms in total. The standard InChI is InChI=1S/C21H21ClFN3O2/c1-15-19(20(22)26(24-15)14-16-8-4-3-5-9-16)21(27)25(2)12-13-28-18-11-7-6-10-17(18)23/h3-11H,12-14H2,1-2H3. The number of para-hydroxylation sites is 1. The van der Waals surface area contributed by atoms with Gasteiger partial charge >= 0.3 is 0 Å². The van der Waals surface area contributed by atoms with E-state index in [1.807, 2.05) is 30.3 Å². The molecule has 3 aromatic rings. The molecular weight excluding hydrogens is 381 g/mol. The minimum Gasteiger partial charge on any atom is -0.489 e. The minimum absolute atomic E-state index is 0.160. The first kappa shape index (κ1) is 19.9. The topological polar surface area (TPSA) is 47.4 Å². The van der Waals surface area contributed by atoms with Crippen molar-refractivity contribution in [1.29, 1.82) is 0 Å². The van der Waals surface area contributed by atoms with Crippen molar-refractivity contribution in [2.75, 3.05) is 20.2 Å². The number of amides is 1.